The van der Waals surface area contributed by atoms with E-state index in [1.807, 2.05) is 29.2 Å². The molecule has 0 atom stereocenters. The summed E-state index contributed by atoms with van der Waals surface area (Å²) in [6, 6.07) is 17.1. The fourth-order valence-corrected chi connectivity index (χ4v) is 7.28. The molecule has 2 aliphatic rings. The topological polar surface area (TPSA) is 157 Å². The van der Waals surface area contributed by atoms with Crippen molar-refractivity contribution in [1.29, 1.82) is 0 Å². The molecular weight excluding hydrogens is 741 g/mol. The molecule has 56 heavy (non-hydrogen) atoms. The number of ether oxygens (including phenoxy) is 1. The Hall–Kier alpha value is -5.34. The highest BCUT2D eigenvalue weighted by molar-refractivity contribution is 6.29. The molecule has 6 rings (SSSR count). The van der Waals surface area contributed by atoms with Crippen LogP contribution in [0.4, 0.5) is 10.1 Å². The summed E-state index contributed by atoms with van der Waals surface area (Å²) in [4.78, 5) is 67.8. The first-order chi connectivity index (χ1) is 27.2. The average molecular weight is 788 g/mol. The number of aryl methyl sites for hydroxylation is 1. The number of unbranched alkanes of at least 4 members (excludes halogenated alkanes) is 3. The Bertz CT molecular complexity index is 2100. The third kappa shape index (κ3) is 10.5. The van der Waals surface area contributed by atoms with E-state index in [4.69, 9.17) is 16.3 Å². The minimum atomic E-state index is -0.603. The number of alkyl halides is 1. The minimum absolute atomic E-state index is 0.0169. The van der Waals surface area contributed by atoms with Crippen LogP contribution in [-0.4, -0.2) is 108 Å². The first-order valence-electron chi connectivity index (χ1n) is 19.1. The quantitative estimate of drug-likeness (QED) is 0.114. The molecule has 2 aliphatic heterocycles. The summed E-state index contributed by atoms with van der Waals surface area (Å²) in [7, 11) is 0. The van der Waals surface area contributed by atoms with Gasteiger partial charge in [0.1, 0.15) is 17.4 Å². The number of H-pyrrole nitrogens is 1. The highest BCUT2D eigenvalue weighted by Crippen LogP contribution is 2.31. The second kappa shape index (κ2) is 19.5. The zero-order chi connectivity index (χ0) is 39.4. The van der Waals surface area contributed by atoms with Gasteiger partial charge in [-0.2, -0.15) is 5.10 Å². The smallest absolute Gasteiger partial charge is 0.272 e. The predicted molar refractivity (Wildman–Crippen MR) is 212 cm³/mol. The van der Waals surface area contributed by atoms with E-state index in [1.54, 1.807) is 40.1 Å². The molecule has 15 heteroatoms. The summed E-state index contributed by atoms with van der Waals surface area (Å²) in [5.41, 5.74) is 2.87. The molecule has 1 fully saturated rings. The van der Waals surface area contributed by atoms with Crippen molar-refractivity contribution < 1.29 is 28.3 Å². The second-order valence-corrected chi connectivity index (χ2v) is 14.3. The van der Waals surface area contributed by atoms with Crippen molar-refractivity contribution in [2.45, 2.75) is 44.9 Å². The summed E-state index contributed by atoms with van der Waals surface area (Å²) in [6.45, 7) is 3.58. The van der Waals surface area contributed by atoms with Crippen LogP contribution in [0.1, 0.15) is 59.3 Å². The summed E-state index contributed by atoms with van der Waals surface area (Å²) in [5, 5.41) is 13.8. The highest BCUT2D eigenvalue weighted by Gasteiger charge is 2.26. The molecule has 4 amide bonds. The van der Waals surface area contributed by atoms with Crippen LogP contribution in [0, 0.1) is 5.82 Å². The van der Waals surface area contributed by atoms with Gasteiger partial charge < -0.3 is 25.2 Å². The van der Waals surface area contributed by atoms with Gasteiger partial charge in [-0.3, -0.25) is 28.9 Å². The van der Waals surface area contributed by atoms with Crippen molar-refractivity contribution in [1.82, 2.24) is 30.6 Å². The van der Waals surface area contributed by atoms with Crippen molar-refractivity contribution in [3.8, 4) is 5.75 Å². The zero-order valence-electron chi connectivity index (χ0n) is 31.3. The van der Waals surface area contributed by atoms with Crippen LogP contribution in [0.25, 0.3) is 10.8 Å². The number of carbonyl (C=O) groups excluding carboxylic acids is 4. The Morgan fingerprint density at radius 1 is 0.857 bits per heavy atom. The maximum absolute atomic E-state index is 14.9. The number of aromatic nitrogens is 2. The summed E-state index contributed by atoms with van der Waals surface area (Å²) < 4.78 is 20.6. The number of hydrogen-bond acceptors (Lipinski definition) is 8. The number of fused-ring (bicyclic) bond motifs is 2. The van der Waals surface area contributed by atoms with Crippen molar-refractivity contribution in [2.75, 3.05) is 69.7 Å². The number of nitrogens with zero attached hydrogens (tertiary/aromatic N) is 4. The molecule has 4 aromatic rings. The summed E-state index contributed by atoms with van der Waals surface area (Å²) in [6.07, 6.45) is 5.42. The molecule has 0 bridgehead atoms. The third-order valence-corrected chi connectivity index (χ3v) is 10.4. The van der Waals surface area contributed by atoms with Crippen LogP contribution in [0.3, 0.4) is 0 Å². The zero-order valence-corrected chi connectivity index (χ0v) is 32.0. The lowest BCUT2D eigenvalue weighted by Crippen LogP contribution is -2.51. The van der Waals surface area contributed by atoms with Crippen molar-refractivity contribution >= 4 is 51.7 Å². The lowest BCUT2D eigenvalue weighted by molar-refractivity contribution is -0.123. The van der Waals surface area contributed by atoms with E-state index in [1.165, 1.54) is 6.07 Å². The molecule has 0 saturated carbocycles. The van der Waals surface area contributed by atoms with E-state index in [2.05, 4.69) is 20.8 Å². The van der Waals surface area contributed by atoms with E-state index in [0.29, 0.717) is 80.0 Å². The average Bonchev–Trinajstić information content (AvgIpc) is 3.22. The maximum Gasteiger partial charge on any atom is 0.272 e. The number of hydrogen-bond donors (Lipinski definition) is 3. The number of aromatic amines is 1. The fraction of sp³-hybridized carbons (Fsp3) is 0.415. The second-order valence-electron chi connectivity index (χ2n) is 14.1. The largest absolute Gasteiger partial charge is 0.484 e. The monoisotopic (exact) mass is 787 g/mol. The Kier molecular flexibility index (Phi) is 14.0. The Balaban J connectivity index is 0.827. The minimum Gasteiger partial charge on any atom is -0.484 e. The van der Waals surface area contributed by atoms with Gasteiger partial charge in [-0.25, -0.2) is 9.49 Å². The van der Waals surface area contributed by atoms with Gasteiger partial charge in [0.25, 0.3) is 17.4 Å². The molecule has 0 aliphatic carbocycles. The normalized spacial score (nSPS) is 14.3. The molecule has 1 aromatic heterocycles. The lowest BCUT2D eigenvalue weighted by Gasteiger charge is -2.34. The van der Waals surface area contributed by atoms with Gasteiger partial charge in [0, 0.05) is 63.3 Å². The molecule has 3 N–H and O–H groups in total. The first kappa shape index (κ1) is 40.3. The van der Waals surface area contributed by atoms with E-state index < -0.39 is 11.7 Å². The van der Waals surface area contributed by atoms with Gasteiger partial charge >= 0.3 is 0 Å². The summed E-state index contributed by atoms with van der Waals surface area (Å²) >= 11 is 5.75. The van der Waals surface area contributed by atoms with Crippen molar-refractivity contribution in [3.05, 3.63) is 99.2 Å². The number of carbonyl (C=O) groups is 4. The van der Waals surface area contributed by atoms with E-state index >= 15 is 0 Å². The Morgan fingerprint density at radius 2 is 1.59 bits per heavy atom. The van der Waals surface area contributed by atoms with Crippen LogP contribution in [-0.2, 0) is 27.2 Å². The maximum atomic E-state index is 14.9. The number of nitrogens with one attached hydrogen (secondary N) is 3. The molecule has 3 aromatic carbocycles. The van der Waals surface area contributed by atoms with Gasteiger partial charge in [-0.1, -0.05) is 37.1 Å². The number of amides is 4. The van der Waals surface area contributed by atoms with Gasteiger partial charge in [0.05, 0.1) is 23.2 Å². The van der Waals surface area contributed by atoms with Crippen LogP contribution in [0.2, 0.25) is 0 Å². The first-order valence-corrected chi connectivity index (χ1v) is 19.7. The van der Waals surface area contributed by atoms with Gasteiger partial charge in [-0.15, -0.1) is 11.6 Å². The molecule has 3 heterocycles. The lowest BCUT2D eigenvalue weighted by atomic mass is 10.0. The molecule has 1 saturated heterocycles. The number of rotatable bonds is 16. The van der Waals surface area contributed by atoms with Gasteiger partial charge in [0.2, 0.25) is 11.8 Å². The van der Waals surface area contributed by atoms with E-state index in [-0.39, 0.29) is 47.9 Å². The molecule has 0 spiro atoms. The van der Waals surface area contributed by atoms with Gasteiger partial charge in [-0.05, 0) is 73.2 Å². The number of anilines is 1. The molecule has 296 valence electrons. The van der Waals surface area contributed by atoms with Crippen LogP contribution >= 0.6 is 11.6 Å². The number of halogens is 2. The fourth-order valence-electron chi connectivity index (χ4n) is 7.14. The third-order valence-electron chi connectivity index (χ3n) is 10.1. The Labute approximate surface area is 329 Å². The van der Waals surface area contributed by atoms with Gasteiger partial charge in [0.15, 0.2) is 6.61 Å². The van der Waals surface area contributed by atoms with Crippen molar-refractivity contribution in [3.63, 3.8) is 0 Å². The Morgan fingerprint density at radius 3 is 2.34 bits per heavy atom. The van der Waals surface area contributed by atoms with E-state index in [9.17, 15) is 28.4 Å². The van der Waals surface area contributed by atoms with Crippen LogP contribution in [0.15, 0.2) is 65.5 Å². The SMILES string of the molecule is O=C(COc1ccc2c(c1)CCCN2C(=O)CCl)NCCCCCCNC(=O)CN1CCN(C(=O)c2cc(Cc3n[nH]c(=O)c4ccccc34)ccc2F)CC1. The number of benzene rings is 3. The van der Waals surface area contributed by atoms with Crippen LogP contribution < -0.4 is 25.8 Å². The molecule has 0 radical (unpaired) electrons. The molecular formula is C41H47ClFN7O6. The molecule has 0 unspecified atom stereocenters. The molecule has 13 nitrogen and oxygen atoms in total. The predicted octanol–water partition coefficient (Wildman–Crippen LogP) is 3.80. The highest BCUT2D eigenvalue weighted by atomic mass is 35.5. The van der Waals surface area contributed by atoms with Crippen LogP contribution in [0.5, 0.6) is 5.75 Å². The standard InChI is InChI=1S/C41H47ClFN7O6/c42-25-39(53)50-17-7-8-29-24-30(12-14-36(29)50)56-27-38(52)45-16-6-2-1-5-15-44-37(51)26-48-18-20-49(21-19-48)41(55)33-22-28(11-13-34(33)43)23-35-31-9-3-4-10-32(31)40(54)47-46-35/h3-4,9-14,22,24H,1-2,5-8,15-21,23,25-27H2,(H,44,51)(H,45,52)(H,47,54). The van der Waals surface area contributed by atoms with Crippen molar-refractivity contribution in [2.24, 2.45) is 0 Å². The van der Waals surface area contributed by atoms with E-state index in [0.717, 1.165) is 49.8 Å². The summed E-state index contributed by atoms with van der Waals surface area (Å²) in [5.74, 6) is -0.897. The number of piperazine rings is 1.